The summed E-state index contributed by atoms with van der Waals surface area (Å²) in [6.07, 6.45) is 23.8. The summed E-state index contributed by atoms with van der Waals surface area (Å²) in [5, 5.41) is 8.62. The lowest BCUT2D eigenvalue weighted by atomic mass is 10.0. The van der Waals surface area contributed by atoms with Crippen LogP contribution < -0.4 is 0 Å². The number of carboxylic acid groups (broad SMARTS) is 1. The van der Waals surface area contributed by atoms with E-state index in [9.17, 15) is 4.79 Å². The van der Waals surface area contributed by atoms with Crippen molar-refractivity contribution in [2.45, 2.75) is 168 Å². The van der Waals surface area contributed by atoms with Gasteiger partial charge in [0.25, 0.3) is 0 Å². The summed E-state index contributed by atoms with van der Waals surface area (Å²) in [6.45, 7) is 10.5. The Balaban J connectivity index is 3.28. The maximum atomic E-state index is 10.5. The van der Waals surface area contributed by atoms with E-state index in [-0.39, 0.29) is 12.2 Å². The number of aliphatic carboxylic acids is 1. The second-order valence-corrected chi connectivity index (χ2v) is 10.6. The maximum absolute atomic E-state index is 10.5. The third-order valence-corrected chi connectivity index (χ3v) is 6.59. The minimum Gasteiger partial charge on any atom is -0.481 e. The number of hydrogen-bond donors (Lipinski definition) is 1. The van der Waals surface area contributed by atoms with E-state index in [1.807, 2.05) is 0 Å². The van der Waals surface area contributed by atoms with E-state index in [0.717, 1.165) is 32.3 Å². The molecule has 0 spiro atoms. The smallest absolute Gasteiger partial charge is 0.303 e. The molecule has 0 aliphatic rings. The summed E-state index contributed by atoms with van der Waals surface area (Å²) in [5.41, 5.74) is 0. The van der Waals surface area contributed by atoms with E-state index in [4.69, 9.17) is 19.3 Å². The van der Waals surface area contributed by atoms with E-state index in [1.165, 1.54) is 89.9 Å². The topological polar surface area (TPSA) is 65.0 Å². The molecule has 35 heavy (non-hydrogen) atoms. The number of unbranched alkanes of at least 4 members (excludes halogenated alkanes) is 15. The van der Waals surface area contributed by atoms with Gasteiger partial charge in [0, 0.05) is 13.0 Å². The third-order valence-electron chi connectivity index (χ3n) is 6.59. The molecule has 0 rings (SSSR count). The van der Waals surface area contributed by atoms with Gasteiger partial charge in [-0.1, -0.05) is 103 Å². The van der Waals surface area contributed by atoms with Gasteiger partial charge in [-0.25, -0.2) is 0 Å². The summed E-state index contributed by atoms with van der Waals surface area (Å²) in [6, 6.07) is 0. The van der Waals surface area contributed by atoms with Crippen LogP contribution in [-0.2, 0) is 19.0 Å². The SMILES string of the molecule is CCCOC(C)COC(C)COC(C)CCCCCCCCCCCCCCCCCCC(=O)O. The number of ether oxygens (including phenoxy) is 3. The Hall–Kier alpha value is -0.650. The van der Waals surface area contributed by atoms with Gasteiger partial charge >= 0.3 is 5.97 Å². The van der Waals surface area contributed by atoms with E-state index in [2.05, 4.69) is 27.7 Å². The van der Waals surface area contributed by atoms with Gasteiger partial charge < -0.3 is 19.3 Å². The molecule has 0 aliphatic carbocycles. The van der Waals surface area contributed by atoms with Crippen LogP contribution in [0.5, 0.6) is 0 Å². The van der Waals surface area contributed by atoms with Crippen molar-refractivity contribution in [2.24, 2.45) is 0 Å². The Kier molecular flexibility index (Phi) is 25.9. The molecule has 0 saturated heterocycles. The maximum Gasteiger partial charge on any atom is 0.303 e. The van der Waals surface area contributed by atoms with Crippen molar-refractivity contribution in [1.82, 2.24) is 0 Å². The van der Waals surface area contributed by atoms with Gasteiger partial charge in [0.05, 0.1) is 31.5 Å². The molecular formula is C30H60O5. The van der Waals surface area contributed by atoms with E-state index in [1.54, 1.807) is 0 Å². The molecule has 3 unspecified atom stereocenters. The number of carbonyl (C=O) groups is 1. The highest BCUT2D eigenvalue weighted by molar-refractivity contribution is 5.66. The Morgan fingerprint density at radius 1 is 0.571 bits per heavy atom. The Bertz CT molecular complexity index is 442. The number of carboxylic acids is 1. The highest BCUT2D eigenvalue weighted by Gasteiger charge is 2.09. The highest BCUT2D eigenvalue weighted by Crippen LogP contribution is 2.15. The van der Waals surface area contributed by atoms with Crippen LogP contribution >= 0.6 is 0 Å². The summed E-state index contributed by atoms with van der Waals surface area (Å²) in [5.74, 6) is -0.660. The molecule has 0 aliphatic heterocycles. The van der Waals surface area contributed by atoms with Crippen molar-refractivity contribution in [3.63, 3.8) is 0 Å². The summed E-state index contributed by atoms with van der Waals surface area (Å²) < 4.78 is 17.4. The quantitative estimate of drug-likeness (QED) is 0.109. The third kappa shape index (κ3) is 27.8. The number of rotatable bonds is 28. The van der Waals surface area contributed by atoms with Gasteiger partial charge in [-0.2, -0.15) is 0 Å². The van der Waals surface area contributed by atoms with Crippen LogP contribution in [0.15, 0.2) is 0 Å². The molecule has 0 fully saturated rings. The van der Waals surface area contributed by atoms with Crippen molar-refractivity contribution in [3.05, 3.63) is 0 Å². The molecule has 0 aromatic carbocycles. The minimum absolute atomic E-state index is 0.118. The molecule has 3 atom stereocenters. The fourth-order valence-electron chi connectivity index (χ4n) is 4.28. The Morgan fingerprint density at radius 3 is 1.37 bits per heavy atom. The molecule has 210 valence electrons. The second-order valence-electron chi connectivity index (χ2n) is 10.6. The fourth-order valence-corrected chi connectivity index (χ4v) is 4.28. The van der Waals surface area contributed by atoms with Gasteiger partial charge in [-0.05, 0) is 40.0 Å². The molecule has 5 heteroatoms. The van der Waals surface area contributed by atoms with E-state index >= 15 is 0 Å². The lowest BCUT2D eigenvalue weighted by molar-refractivity contribution is -0.137. The van der Waals surface area contributed by atoms with Crippen LogP contribution in [0.25, 0.3) is 0 Å². The summed E-state index contributed by atoms with van der Waals surface area (Å²) in [7, 11) is 0. The molecule has 0 amide bonds. The molecule has 0 bridgehead atoms. The van der Waals surface area contributed by atoms with Crippen molar-refractivity contribution in [3.8, 4) is 0 Å². The zero-order valence-corrected chi connectivity index (χ0v) is 23.9. The van der Waals surface area contributed by atoms with Crippen molar-refractivity contribution < 1.29 is 24.1 Å². The molecule has 0 heterocycles. The van der Waals surface area contributed by atoms with Gasteiger partial charge in [0.2, 0.25) is 0 Å². The van der Waals surface area contributed by atoms with Crippen molar-refractivity contribution in [1.29, 1.82) is 0 Å². The van der Waals surface area contributed by atoms with Gasteiger partial charge in [-0.3, -0.25) is 4.79 Å². The zero-order valence-electron chi connectivity index (χ0n) is 23.9. The van der Waals surface area contributed by atoms with Gasteiger partial charge in [0.1, 0.15) is 0 Å². The number of hydrogen-bond acceptors (Lipinski definition) is 4. The Morgan fingerprint density at radius 2 is 0.943 bits per heavy atom. The average molecular weight is 501 g/mol. The van der Waals surface area contributed by atoms with Crippen LogP contribution in [0.1, 0.15) is 150 Å². The first-order chi connectivity index (χ1) is 17.0. The monoisotopic (exact) mass is 500 g/mol. The van der Waals surface area contributed by atoms with E-state index in [0.29, 0.717) is 25.7 Å². The normalized spacial score (nSPS) is 14.2. The molecular weight excluding hydrogens is 440 g/mol. The molecule has 1 N–H and O–H groups in total. The van der Waals surface area contributed by atoms with Crippen LogP contribution in [-0.4, -0.2) is 49.2 Å². The first-order valence-electron chi connectivity index (χ1n) is 15.0. The zero-order chi connectivity index (χ0) is 26.0. The first-order valence-corrected chi connectivity index (χ1v) is 15.0. The van der Waals surface area contributed by atoms with Gasteiger partial charge in [-0.15, -0.1) is 0 Å². The highest BCUT2D eigenvalue weighted by atomic mass is 16.6. The predicted octanol–water partition coefficient (Wildman–Crippen LogP) is 8.72. The average Bonchev–Trinajstić information content (AvgIpc) is 2.83. The first kappa shape index (κ1) is 34.4. The molecule has 0 saturated carbocycles. The van der Waals surface area contributed by atoms with E-state index < -0.39 is 5.97 Å². The Labute approximate surface area is 218 Å². The summed E-state index contributed by atoms with van der Waals surface area (Å²) in [4.78, 5) is 10.5. The second kappa shape index (κ2) is 26.4. The lowest BCUT2D eigenvalue weighted by Crippen LogP contribution is -2.25. The standard InChI is InChI=1S/C30H60O5/c1-5-24-33-28(3)25-35-29(4)26-34-27(2)22-20-18-16-14-12-10-8-6-7-9-11-13-15-17-19-21-23-30(31)32/h27-29H,5-26H2,1-4H3,(H,31,32). The van der Waals surface area contributed by atoms with Crippen molar-refractivity contribution in [2.75, 3.05) is 19.8 Å². The van der Waals surface area contributed by atoms with Gasteiger partial charge in [0.15, 0.2) is 0 Å². The van der Waals surface area contributed by atoms with Crippen molar-refractivity contribution >= 4 is 5.97 Å². The molecule has 0 aromatic heterocycles. The minimum atomic E-state index is -0.660. The molecule has 5 nitrogen and oxygen atoms in total. The summed E-state index contributed by atoms with van der Waals surface area (Å²) >= 11 is 0. The largest absolute Gasteiger partial charge is 0.481 e. The van der Waals surface area contributed by atoms with Crippen LogP contribution in [0.4, 0.5) is 0 Å². The molecule has 0 aromatic rings. The molecule has 0 radical (unpaired) electrons. The predicted molar refractivity (Wildman–Crippen MR) is 147 cm³/mol. The van der Waals surface area contributed by atoms with Crippen LogP contribution in [0.3, 0.4) is 0 Å². The lowest BCUT2D eigenvalue weighted by Gasteiger charge is -2.20. The van der Waals surface area contributed by atoms with Crippen LogP contribution in [0.2, 0.25) is 0 Å². The fraction of sp³-hybridized carbons (Fsp3) is 0.967. The van der Waals surface area contributed by atoms with Crippen LogP contribution in [0, 0.1) is 0 Å².